The Hall–Kier alpha value is -2.08. The minimum absolute atomic E-state index is 0.00519. The van der Waals surface area contributed by atoms with Crippen LogP contribution in [0.3, 0.4) is 0 Å². The smallest absolute Gasteiger partial charge is 0.252 e. The Morgan fingerprint density at radius 3 is 2.55 bits per heavy atom. The van der Waals surface area contributed by atoms with E-state index in [1.165, 1.54) is 42.6 Å². The number of hydrogen-bond acceptors (Lipinski definition) is 4. The Kier molecular flexibility index (Phi) is 7.04. The van der Waals surface area contributed by atoms with Gasteiger partial charge in [-0.3, -0.25) is 9.69 Å². The zero-order valence-electron chi connectivity index (χ0n) is 16.5. The molecule has 5 heteroatoms. The number of likely N-dealkylation sites (tertiary alicyclic amines) is 1. The van der Waals surface area contributed by atoms with Crippen molar-refractivity contribution in [3.63, 3.8) is 0 Å². The zero-order valence-corrected chi connectivity index (χ0v) is 18.1. The fraction of sp³-hybridized carbons (Fsp3) is 0.292. The average molecular weight is 423 g/mol. The number of nitrogens with zero attached hydrogens (tertiary/aromatic N) is 1. The molecule has 3 nitrogen and oxygen atoms in total. The minimum atomic E-state index is -0.00519. The third-order valence-electron chi connectivity index (χ3n) is 5.26. The van der Waals surface area contributed by atoms with Gasteiger partial charge < -0.3 is 5.32 Å². The van der Waals surface area contributed by atoms with E-state index >= 15 is 0 Å². The van der Waals surface area contributed by atoms with E-state index in [0.29, 0.717) is 6.54 Å². The maximum absolute atomic E-state index is 12.9. The van der Waals surface area contributed by atoms with E-state index in [9.17, 15) is 4.79 Å². The third kappa shape index (κ3) is 5.50. The largest absolute Gasteiger partial charge is 0.348 e. The number of carbonyl (C=O) groups is 1. The molecule has 1 aromatic heterocycles. The molecule has 29 heavy (non-hydrogen) atoms. The molecule has 2 aromatic carbocycles. The lowest BCUT2D eigenvalue weighted by Crippen LogP contribution is -2.25. The second-order valence-corrected chi connectivity index (χ2v) is 9.15. The first-order valence-corrected chi connectivity index (χ1v) is 12.0. The van der Waals surface area contributed by atoms with Crippen LogP contribution in [0.1, 0.15) is 39.9 Å². The highest BCUT2D eigenvalue weighted by molar-refractivity contribution is 7.98. The van der Waals surface area contributed by atoms with Crippen molar-refractivity contribution >= 4 is 29.0 Å². The molecule has 0 aliphatic carbocycles. The van der Waals surface area contributed by atoms with Gasteiger partial charge in [-0.05, 0) is 71.6 Å². The summed E-state index contributed by atoms with van der Waals surface area (Å²) in [6, 6.07) is 18.5. The summed E-state index contributed by atoms with van der Waals surface area (Å²) >= 11 is 3.43. The zero-order chi connectivity index (χ0) is 19.9. The Balaban J connectivity index is 1.40. The molecule has 0 spiro atoms. The van der Waals surface area contributed by atoms with Gasteiger partial charge in [-0.2, -0.15) is 11.3 Å². The normalized spacial score (nSPS) is 14.2. The van der Waals surface area contributed by atoms with Gasteiger partial charge in [0.25, 0.3) is 5.91 Å². The van der Waals surface area contributed by atoms with Gasteiger partial charge in [0.15, 0.2) is 0 Å². The molecule has 3 aromatic rings. The first-order valence-electron chi connectivity index (χ1n) is 10.1. The van der Waals surface area contributed by atoms with Crippen LogP contribution in [0, 0.1) is 0 Å². The van der Waals surface area contributed by atoms with Crippen LogP contribution in [0.2, 0.25) is 0 Å². The van der Waals surface area contributed by atoms with E-state index in [1.807, 2.05) is 24.3 Å². The lowest BCUT2D eigenvalue weighted by atomic mass is 10.1. The molecule has 0 atom stereocenters. The summed E-state index contributed by atoms with van der Waals surface area (Å²) in [5.41, 5.74) is 4.57. The van der Waals surface area contributed by atoms with Gasteiger partial charge in [0.2, 0.25) is 0 Å². The highest BCUT2D eigenvalue weighted by Crippen LogP contribution is 2.27. The predicted octanol–water partition coefficient (Wildman–Crippen LogP) is 5.57. The van der Waals surface area contributed by atoms with Gasteiger partial charge >= 0.3 is 0 Å². The first-order chi connectivity index (χ1) is 14.3. The number of thiophene rings is 1. The SMILES string of the molecule is O=C(NCc1ccccc1CN1CCCC1)c1ccccc1SCc1ccsc1. The highest BCUT2D eigenvalue weighted by Gasteiger charge is 2.15. The maximum Gasteiger partial charge on any atom is 0.252 e. The number of nitrogens with one attached hydrogen (secondary N) is 1. The van der Waals surface area contributed by atoms with E-state index in [2.05, 4.69) is 51.3 Å². The molecule has 1 aliphatic heterocycles. The molecule has 1 N–H and O–H groups in total. The van der Waals surface area contributed by atoms with Crippen LogP contribution in [0.5, 0.6) is 0 Å². The molecule has 2 heterocycles. The van der Waals surface area contributed by atoms with E-state index in [4.69, 9.17) is 0 Å². The van der Waals surface area contributed by atoms with Crippen LogP contribution in [-0.2, 0) is 18.8 Å². The molecule has 1 fully saturated rings. The molecular weight excluding hydrogens is 396 g/mol. The molecule has 4 rings (SSSR count). The average Bonchev–Trinajstić information content (AvgIpc) is 3.46. The number of carbonyl (C=O) groups excluding carboxylic acids is 1. The summed E-state index contributed by atoms with van der Waals surface area (Å²) in [5.74, 6) is 0.876. The summed E-state index contributed by atoms with van der Waals surface area (Å²) in [7, 11) is 0. The number of benzene rings is 2. The van der Waals surface area contributed by atoms with E-state index in [1.54, 1.807) is 23.1 Å². The van der Waals surface area contributed by atoms with Crippen LogP contribution in [0.25, 0.3) is 0 Å². The molecule has 150 valence electrons. The summed E-state index contributed by atoms with van der Waals surface area (Å²) in [5, 5.41) is 7.40. The van der Waals surface area contributed by atoms with Crippen molar-refractivity contribution in [1.82, 2.24) is 10.2 Å². The minimum Gasteiger partial charge on any atom is -0.348 e. The van der Waals surface area contributed by atoms with Crippen LogP contribution in [0.4, 0.5) is 0 Å². The van der Waals surface area contributed by atoms with E-state index < -0.39 is 0 Å². The monoisotopic (exact) mass is 422 g/mol. The summed E-state index contributed by atoms with van der Waals surface area (Å²) in [6.07, 6.45) is 2.58. The van der Waals surface area contributed by atoms with Crippen molar-refractivity contribution in [2.45, 2.75) is 36.6 Å². The standard InChI is InChI=1S/C24H26N2OS2/c27-24(22-9-3-4-10-23(22)29-18-19-11-14-28-17-19)25-15-20-7-1-2-8-21(20)16-26-12-5-6-13-26/h1-4,7-11,14,17H,5-6,12-13,15-16,18H2,(H,25,27). The first kappa shape index (κ1) is 20.2. The molecule has 1 saturated heterocycles. The number of hydrogen-bond donors (Lipinski definition) is 1. The molecule has 0 saturated carbocycles. The molecule has 0 bridgehead atoms. The maximum atomic E-state index is 12.9. The summed E-state index contributed by atoms with van der Waals surface area (Å²) < 4.78 is 0. The lowest BCUT2D eigenvalue weighted by Gasteiger charge is -2.18. The Morgan fingerprint density at radius 2 is 1.76 bits per heavy atom. The van der Waals surface area contributed by atoms with Gasteiger partial charge in [0.05, 0.1) is 5.56 Å². The van der Waals surface area contributed by atoms with Gasteiger partial charge in [-0.1, -0.05) is 36.4 Å². The van der Waals surface area contributed by atoms with Gasteiger partial charge in [0, 0.05) is 23.7 Å². The van der Waals surface area contributed by atoms with Crippen LogP contribution >= 0.6 is 23.1 Å². The molecule has 1 amide bonds. The summed E-state index contributed by atoms with van der Waals surface area (Å²) in [6.45, 7) is 3.89. The topological polar surface area (TPSA) is 32.3 Å². The summed E-state index contributed by atoms with van der Waals surface area (Å²) in [4.78, 5) is 16.4. The van der Waals surface area contributed by atoms with Gasteiger partial charge in [0.1, 0.15) is 0 Å². The van der Waals surface area contributed by atoms with Crippen molar-refractivity contribution in [3.05, 3.63) is 87.6 Å². The second-order valence-electron chi connectivity index (χ2n) is 7.35. The molecular formula is C24H26N2OS2. The third-order valence-corrected chi connectivity index (χ3v) is 7.13. The van der Waals surface area contributed by atoms with Gasteiger partial charge in [-0.25, -0.2) is 0 Å². The van der Waals surface area contributed by atoms with Crippen molar-refractivity contribution in [2.75, 3.05) is 13.1 Å². The van der Waals surface area contributed by atoms with E-state index in [-0.39, 0.29) is 5.91 Å². The van der Waals surface area contributed by atoms with Crippen molar-refractivity contribution in [1.29, 1.82) is 0 Å². The van der Waals surface area contributed by atoms with E-state index in [0.717, 1.165) is 22.8 Å². The van der Waals surface area contributed by atoms with Crippen LogP contribution in [-0.4, -0.2) is 23.9 Å². The molecule has 0 unspecified atom stereocenters. The fourth-order valence-corrected chi connectivity index (χ4v) is 5.42. The van der Waals surface area contributed by atoms with Crippen molar-refractivity contribution in [2.24, 2.45) is 0 Å². The second kappa shape index (κ2) is 10.1. The lowest BCUT2D eigenvalue weighted by molar-refractivity contribution is 0.0948. The fourth-order valence-electron chi connectivity index (χ4n) is 3.65. The van der Waals surface area contributed by atoms with Crippen LogP contribution < -0.4 is 5.32 Å². The Labute approximate surface area is 181 Å². The Bertz CT molecular complexity index is 934. The van der Waals surface area contributed by atoms with Gasteiger partial charge in [-0.15, -0.1) is 11.8 Å². The number of amides is 1. The number of thioether (sulfide) groups is 1. The van der Waals surface area contributed by atoms with Crippen molar-refractivity contribution < 1.29 is 4.79 Å². The number of rotatable bonds is 8. The van der Waals surface area contributed by atoms with Crippen LogP contribution in [0.15, 0.2) is 70.3 Å². The highest BCUT2D eigenvalue weighted by atomic mass is 32.2. The Morgan fingerprint density at radius 1 is 1.00 bits per heavy atom. The predicted molar refractivity (Wildman–Crippen MR) is 122 cm³/mol. The molecule has 0 radical (unpaired) electrons. The molecule has 1 aliphatic rings. The van der Waals surface area contributed by atoms with Crippen molar-refractivity contribution in [3.8, 4) is 0 Å². The quantitative estimate of drug-likeness (QED) is 0.482.